The highest BCUT2D eigenvalue weighted by atomic mass is 35.5. The molecule has 0 radical (unpaired) electrons. The lowest BCUT2D eigenvalue weighted by Gasteiger charge is -2.39. The van der Waals surface area contributed by atoms with E-state index in [1.54, 1.807) is 16.0 Å². The van der Waals surface area contributed by atoms with Gasteiger partial charge in [-0.2, -0.15) is 5.26 Å². The van der Waals surface area contributed by atoms with Crippen LogP contribution in [0.1, 0.15) is 65.5 Å². The topological polar surface area (TPSA) is 99.4 Å². The van der Waals surface area contributed by atoms with Crippen molar-refractivity contribution in [2.45, 2.75) is 51.5 Å². The standard InChI is InChI=1S/C29H30ClN5O3/c1-3-12-38-29(37)34-10-11-35(18(2)17-34)28(36)21-5-7-24-26(15-21)33-25-14-19(4-6-23(25)27(24)30)20-8-9-32-22(13-20)16-31/h5,7-9,13,15,18-19H,3-4,6,10-12,14,17H2,1-2H3. The van der Waals surface area contributed by atoms with Gasteiger partial charge in [-0.1, -0.05) is 24.6 Å². The van der Waals surface area contributed by atoms with Gasteiger partial charge >= 0.3 is 6.09 Å². The van der Waals surface area contributed by atoms with Crippen LogP contribution in [0.3, 0.4) is 0 Å². The predicted molar refractivity (Wildman–Crippen MR) is 144 cm³/mol. The van der Waals surface area contributed by atoms with Gasteiger partial charge in [-0.3, -0.25) is 9.78 Å². The van der Waals surface area contributed by atoms with E-state index in [1.165, 1.54) is 0 Å². The van der Waals surface area contributed by atoms with Gasteiger partial charge in [-0.25, -0.2) is 9.78 Å². The van der Waals surface area contributed by atoms with Crippen LogP contribution in [0, 0.1) is 11.3 Å². The summed E-state index contributed by atoms with van der Waals surface area (Å²) < 4.78 is 5.26. The quantitative estimate of drug-likeness (QED) is 0.463. The number of hydrogen-bond acceptors (Lipinski definition) is 6. The number of carbonyl (C=O) groups is 2. The molecule has 1 saturated heterocycles. The first-order valence-corrected chi connectivity index (χ1v) is 13.5. The Bertz CT molecular complexity index is 1440. The number of carbonyl (C=O) groups excluding carboxylic acids is 2. The molecule has 38 heavy (non-hydrogen) atoms. The summed E-state index contributed by atoms with van der Waals surface area (Å²) in [5.41, 5.74) is 4.73. The maximum Gasteiger partial charge on any atom is 0.409 e. The maximum atomic E-state index is 13.5. The van der Waals surface area contributed by atoms with Gasteiger partial charge in [0.15, 0.2) is 0 Å². The maximum absolute atomic E-state index is 13.5. The van der Waals surface area contributed by atoms with Gasteiger partial charge in [0.2, 0.25) is 0 Å². The number of nitriles is 1. The molecular formula is C29H30ClN5O3. The van der Waals surface area contributed by atoms with Gasteiger partial charge in [0.25, 0.3) is 5.91 Å². The number of rotatable bonds is 4. The molecule has 0 N–H and O–H groups in total. The smallest absolute Gasteiger partial charge is 0.409 e. The van der Waals surface area contributed by atoms with E-state index in [2.05, 4.69) is 11.1 Å². The fraction of sp³-hybridized carbons (Fsp3) is 0.414. The average molecular weight is 532 g/mol. The fourth-order valence-electron chi connectivity index (χ4n) is 5.44. The van der Waals surface area contributed by atoms with Crippen molar-refractivity contribution >= 4 is 34.5 Å². The number of piperazine rings is 1. The van der Waals surface area contributed by atoms with Crippen LogP contribution >= 0.6 is 11.6 Å². The molecule has 1 fully saturated rings. The second-order valence-corrected chi connectivity index (χ2v) is 10.4. The number of nitrogens with zero attached hydrogens (tertiary/aromatic N) is 5. The monoisotopic (exact) mass is 531 g/mol. The van der Waals surface area contributed by atoms with E-state index >= 15 is 0 Å². The molecule has 1 aliphatic carbocycles. The second-order valence-electron chi connectivity index (χ2n) is 10.0. The van der Waals surface area contributed by atoms with Crippen molar-refractivity contribution in [2.24, 2.45) is 0 Å². The third-order valence-corrected chi connectivity index (χ3v) is 7.91. The number of ether oxygens (including phenoxy) is 1. The summed E-state index contributed by atoms with van der Waals surface area (Å²) in [6.45, 7) is 5.61. The lowest BCUT2D eigenvalue weighted by molar-refractivity contribution is 0.0414. The number of pyridine rings is 2. The first-order valence-electron chi connectivity index (χ1n) is 13.1. The number of benzene rings is 1. The molecule has 2 aliphatic rings. The van der Waals surface area contributed by atoms with Crippen molar-refractivity contribution in [3.63, 3.8) is 0 Å². The number of amides is 2. The van der Waals surface area contributed by atoms with E-state index in [-0.39, 0.29) is 24.0 Å². The minimum Gasteiger partial charge on any atom is -0.449 e. The molecule has 8 nitrogen and oxygen atoms in total. The van der Waals surface area contributed by atoms with Crippen LogP contribution < -0.4 is 0 Å². The molecule has 0 saturated carbocycles. The largest absolute Gasteiger partial charge is 0.449 e. The van der Waals surface area contributed by atoms with Crippen LogP contribution in [0.25, 0.3) is 10.9 Å². The summed E-state index contributed by atoms with van der Waals surface area (Å²) in [5, 5.41) is 10.8. The summed E-state index contributed by atoms with van der Waals surface area (Å²) in [6, 6.07) is 11.3. The van der Waals surface area contributed by atoms with Gasteiger partial charge < -0.3 is 14.5 Å². The van der Waals surface area contributed by atoms with Gasteiger partial charge in [0.05, 0.1) is 17.1 Å². The Morgan fingerprint density at radius 2 is 2.08 bits per heavy atom. The van der Waals surface area contributed by atoms with E-state index in [0.717, 1.165) is 41.5 Å². The van der Waals surface area contributed by atoms with Crippen molar-refractivity contribution in [1.82, 2.24) is 19.8 Å². The Morgan fingerprint density at radius 1 is 1.24 bits per heavy atom. The van der Waals surface area contributed by atoms with E-state index < -0.39 is 0 Å². The lowest BCUT2D eigenvalue weighted by Crippen LogP contribution is -2.55. The van der Waals surface area contributed by atoms with Gasteiger partial charge in [0, 0.05) is 48.5 Å². The minimum atomic E-state index is -0.325. The van der Waals surface area contributed by atoms with Crippen molar-refractivity contribution in [1.29, 1.82) is 5.26 Å². The zero-order chi connectivity index (χ0) is 26.8. The van der Waals surface area contributed by atoms with Crippen LogP contribution in [-0.4, -0.2) is 64.1 Å². The highest BCUT2D eigenvalue weighted by Gasteiger charge is 2.31. The Kier molecular flexibility index (Phi) is 7.48. The molecule has 2 aromatic heterocycles. The number of fused-ring (bicyclic) bond motifs is 2. The Balaban J connectivity index is 1.36. The zero-order valence-corrected chi connectivity index (χ0v) is 22.4. The molecule has 5 rings (SSSR count). The van der Waals surface area contributed by atoms with Crippen LogP contribution in [0.2, 0.25) is 5.02 Å². The lowest BCUT2D eigenvalue weighted by atomic mass is 9.82. The van der Waals surface area contributed by atoms with Gasteiger partial charge in [-0.15, -0.1) is 0 Å². The molecule has 1 aromatic carbocycles. The molecule has 0 spiro atoms. The van der Waals surface area contributed by atoms with Crippen LogP contribution in [0.15, 0.2) is 36.5 Å². The molecule has 3 aromatic rings. The van der Waals surface area contributed by atoms with E-state index in [1.807, 2.05) is 44.2 Å². The zero-order valence-electron chi connectivity index (χ0n) is 21.6. The third kappa shape index (κ3) is 5.03. The Labute approximate surface area is 227 Å². The van der Waals surface area contributed by atoms with Crippen LogP contribution in [-0.2, 0) is 17.6 Å². The molecule has 2 amide bonds. The number of halogens is 1. The highest BCUT2D eigenvalue weighted by Crippen LogP contribution is 2.38. The predicted octanol–water partition coefficient (Wildman–Crippen LogP) is 5.12. The summed E-state index contributed by atoms with van der Waals surface area (Å²) in [7, 11) is 0. The Hall–Kier alpha value is -3.70. The van der Waals surface area contributed by atoms with Crippen molar-refractivity contribution in [2.75, 3.05) is 26.2 Å². The molecule has 2 atom stereocenters. The second kappa shape index (κ2) is 11.0. The van der Waals surface area contributed by atoms with Crippen LogP contribution in [0.4, 0.5) is 4.79 Å². The minimum absolute atomic E-state index is 0.0877. The summed E-state index contributed by atoms with van der Waals surface area (Å²) in [6.07, 6.45) is 4.56. The van der Waals surface area contributed by atoms with E-state index in [9.17, 15) is 14.9 Å². The van der Waals surface area contributed by atoms with E-state index in [4.69, 9.17) is 21.3 Å². The van der Waals surface area contributed by atoms with Gasteiger partial charge in [-0.05, 0) is 73.9 Å². The molecule has 0 bridgehead atoms. The fourth-order valence-corrected chi connectivity index (χ4v) is 5.80. The molecule has 2 unspecified atom stereocenters. The highest BCUT2D eigenvalue weighted by molar-refractivity contribution is 6.36. The van der Waals surface area contributed by atoms with Crippen molar-refractivity contribution < 1.29 is 14.3 Å². The summed E-state index contributed by atoms with van der Waals surface area (Å²) in [5.74, 6) is 0.139. The molecule has 196 valence electrons. The first-order chi connectivity index (χ1) is 18.4. The number of aromatic nitrogens is 2. The van der Waals surface area contributed by atoms with Crippen molar-refractivity contribution in [3.8, 4) is 6.07 Å². The molecule has 1 aliphatic heterocycles. The first kappa shape index (κ1) is 25.9. The Morgan fingerprint density at radius 3 is 2.84 bits per heavy atom. The SMILES string of the molecule is CCCOC(=O)N1CCN(C(=O)c2ccc3c(Cl)c4c(nc3c2)CC(c2ccnc(C#N)c2)CC4)C(C)C1. The normalized spacial score (nSPS) is 19.1. The third-order valence-electron chi connectivity index (χ3n) is 7.48. The molecular weight excluding hydrogens is 502 g/mol. The average Bonchev–Trinajstić information content (AvgIpc) is 2.95. The summed E-state index contributed by atoms with van der Waals surface area (Å²) >= 11 is 6.85. The molecule has 9 heteroatoms. The van der Waals surface area contributed by atoms with Gasteiger partial charge in [0.1, 0.15) is 11.8 Å². The summed E-state index contributed by atoms with van der Waals surface area (Å²) in [4.78, 5) is 38.2. The van der Waals surface area contributed by atoms with E-state index in [0.29, 0.717) is 54.5 Å². The molecule has 3 heterocycles. The van der Waals surface area contributed by atoms with Crippen molar-refractivity contribution in [3.05, 3.63) is 69.6 Å². The van der Waals surface area contributed by atoms with Crippen LogP contribution in [0.5, 0.6) is 0 Å². The number of hydrogen-bond donors (Lipinski definition) is 0.